The lowest BCUT2D eigenvalue weighted by Gasteiger charge is -2.47. The Kier molecular flexibility index (Phi) is 14.2. The summed E-state index contributed by atoms with van der Waals surface area (Å²) in [6, 6.07) is 9.88. The number of aliphatic hydroxyl groups is 8. The summed E-state index contributed by atoms with van der Waals surface area (Å²) in [6.07, 6.45) is -21.9. The van der Waals surface area contributed by atoms with E-state index in [9.17, 15) is 61.0 Å². The highest BCUT2D eigenvalue weighted by Crippen LogP contribution is 2.33. The van der Waals surface area contributed by atoms with E-state index in [2.05, 4.69) is 0 Å². The van der Waals surface area contributed by atoms with Crippen molar-refractivity contribution in [2.75, 3.05) is 19.8 Å². The molecule has 0 amide bonds. The van der Waals surface area contributed by atoms with Crippen LogP contribution in [0.25, 0.3) is 6.08 Å². The number of esters is 1. The van der Waals surface area contributed by atoms with Gasteiger partial charge in [-0.15, -0.1) is 0 Å². The van der Waals surface area contributed by atoms with E-state index in [1.165, 1.54) is 55.5 Å². The summed E-state index contributed by atoms with van der Waals surface area (Å²) in [7, 11) is 0. The number of aliphatic hydroxyl groups excluding tert-OH is 8. The Balaban J connectivity index is 1.43. The minimum Gasteiger partial charge on any atom is -0.508 e. The van der Waals surface area contributed by atoms with Gasteiger partial charge in [-0.2, -0.15) is 0 Å². The predicted molar refractivity (Wildman–Crippen MR) is 178 cm³/mol. The van der Waals surface area contributed by atoms with Crippen molar-refractivity contribution in [2.45, 2.75) is 105 Å². The molecule has 0 aliphatic carbocycles. The highest BCUT2D eigenvalue weighted by molar-refractivity contribution is 5.87. The molecule has 3 aliphatic heterocycles. The number of phenolic OH excluding ortho intramolecular Hbond substituents is 3. The van der Waals surface area contributed by atoms with E-state index in [1.54, 1.807) is 0 Å². The molecule has 300 valence electrons. The number of benzene rings is 2. The lowest BCUT2D eigenvalue weighted by Crippen LogP contribution is -2.65. The van der Waals surface area contributed by atoms with Crippen molar-refractivity contribution in [3.05, 3.63) is 59.7 Å². The van der Waals surface area contributed by atoms with Crippen molar-refractivity contribution in [3.8, 4) is 17.2 Å². The Morgan fingerprint density at radius 3 is 2.04 bits per heavy atom. The quantitative estimate of drug-likeness (QED) is 0.0553. The summed E-state index contributed by atoms with van der Waals surface area (Å²) < 4.78 is 40.3. The normalized spacial score (nSPS) is 37.3. The zero-order chi connectivity index (χ0) is 39.3. The number of hydrogen-bond acceptors (Lipinski definition) is 19. The Morgan fingerprint density at radius 1 is 0.704 bits per heavy atom. The van der Waals surface area contributed by atoms with Crippen LogP contribution in [0.2, 0.25) is 0 Å². The molecule has 3 aliphatic rings. The molecule has 0 aromatic heterocycles. The molecule has 0 bridgehead atoms. The minimum atomic E-state index is -1.86. The molecule has 2 aromatic carbocycles. The first kappa shape index (κ1) is 41.6. The number of ether oxygens (including phenoxy) is 7. The summed E-state index contributed by atoms with van der Waals surface area (Å²) in [5.74, 6) is -1.74. The van der Waals surface area contributed by atoms with Crippen LogP contribution in [-0.2, 0) is 44.4 Å². The van der Waals surface area contributed by atoms with E-state index in [4.69, 9.17) is 33.2 Å². The highest BCUT2D eigenvalue weighted by Gasteiger charge is 2.53. The second kappa shape index (κ2) is 18.4. The Labute approximate surface area is 308 Å². The molecule has 0 spiro atoms. The fourth-order valence-electron chi connectivity index (χ4n) is 6.08. The molecule has 0 radical (unpaired) electrons. The molecule has 3 fully saturated rings. The molecule has 0 saturated carbocycles. The summed E-state index contributed by atoms with van der Waals surface area (Å²) in [5, 5.41) is 113. The van der Waals surface area contributed by atoms with Gasteiger partial charge in [0.1, 0.15) is 66.8 Å². The van der Waals surface area contributed by atoms with Crippen molar-refractivity contribution in [1.82, 2.24) is 0 Å². The second-order valence-electron chi connectivity index (χ2n) is 13.1. The van der Waals surface area contributed by atoms with Gasteiger partial charge in [0.2, 0.25) is 0 Å². The molecule has 5 rings (SSSR count). The molecule has 19 heteroatoms. The zero-order valence-electron chi connectivity index (χ0n) is 28.9. The van der Waals surface area contributed by atoms with Gasteiger partial charge >= 0.3 is 5.97 Å². The van der Waals surface area contributed by atoms with Gasteiger partial charge in [0.25, 0.3) is 0 Å². The lowest BCUT2D eigenvalue weighted by molar-refractivity contribution is -0.364. The largest absolute Gasteiger partial charge is 0.508 e. The number of carbonyl (C=O) groups excluding carboxylic acids is 1. The summed E-state index contributed by atoms with van der Waals surface area (Å²) in [5.41, 5.74) is 1.02. The molecule has 54 heavy (non-hydrogen) atoms. The van der Waals surface area contributed by atoms with Crippen LogP contribution in [-0.4, -0.2) is 174 Å². The van der Waals surface area contributed by atoms with E-state index in [0.29, 0.717) is 11.1 Å². The fraction of sp³-hybridized carbons (Fsp3) is 0.571. The standard InChI is InChI=1S/C35H46O19/c1-15-24(41)26(43)29(46)35(50-15)54-32-30(47)34(48-11-10-17-4-8-19(38)20(39)12-17)52-22(14-49-33-28(45)27(44)25(42)21(13-36)51-33)31(32)53-23(40)9-5-16-2-6-18(37)7-3-16/h2-9,12,15,21-22,24-39,41-47H,10-11,13-14H2,1H3/b9-5+/t15-,21+,22+,24-,25+,26+,27-,28+,29+,30+,31+,32+,33?,34+,35-/m0/s1. The smallest absolute Gasteiger partial charge is 0.331 e. The van der Waals surface area contributed by atoms with Gasteiger partial charge < -0.3 is 89.3 Å². The van der Waals surface area contributed by atoms with Crippen LogP contribution < -0.4 is 0 Å². The van der Waals surface area contributed by atoms with Gasteiger partial charge in [-0.05, 0) is 54.8 Å². The van der Waals surface area contributed by atoms with Crippen molar-refractivity contribution in [1.29, 1.82) is 0 Å². The number of hydrogen-bond donors (Lipinski definition) is 11. The monoisotopic (exact) mass is 770 g/mol. The van der Waals surface area contributed by atoms with Gasteiger partial charge in [0, 0.05) is 6.08 Å². The van der Waals surface area contributed by atoms with E-state index >= 15 is 0 Å². The third kappa shape index (κ3) is 9.83. The first-order valence-electron chi connectivity index (χ1n) is 17.1. The van der Waals surface area contributed by atoms with Crippen LogP contribution in [0.3, 0.4) is 0 Å². The average Bonchev–Trinajstić information content (AvgIpc) is 3.15. The summed E-state index contributed by atoms with van der Waals surface area (Å²) in [6.45, 7) is -0.167. The molecule has 19 nitrogen and oxygen atoms in total. The zero-order valence-corrected chi connectivity index (χ0v) is 28.9. The molecular formula is C35H46O19. The van der Waals surface area contributed by atoms with E-state index in [0.717, 1.165) is 6.08 Å². The molecular weight excluding hydrogens is 724 g/mol. The van der Waals surface area contributed by atoms with Crippen LogP contribution in [0.4, 0.5) is 0 Å². The minimum absolute atomic E-state index is 0.0117. The van der Waals surface area contributed by atoms with Crippen LogP contribution in [0.5, 0.6) is 17.2 Å². The molecule has 11 N–H and O–H groups in total. The fourth-order valence-corrected chi connectivity index (χ4v) is 6.08. The summed E-state index contributed by atoms with van der Waals surface area (Å²) in [4.78, 5) is 13.3. The van der Waals surface area contributed by atoms with Crippen LogP contribution >= 0.6 is 0 Å². The molecule has 3 saturated heterocycles. The van der Waals surface area contributed by atoms with Crippen molar-refractivity contribution in [3.63, 3.8) is 0 Å². The van der Waals surface area contributed by atoms with Gasteiger partial charge in [0.15, 0.2) is 36.5 Å². The summed E-state index contributed by atoms with van der Waals surface area (Å²) >= 11 is 0. The first-order chi connectivity index (χ1) is 25.7. The molecule has 3 heterocycles. The third-order valence-electron chi connectivity index (χ3n) is 9.26. The average molecular weight is 771 g/mol. The van der Waals surface area contributed by atoms with Gasteiger partial charge in [0.05, 0.1) is 25.9 Å². The molecule has 1 unspecified atom stereocenters. The maximum Gasteiger partial charge on any atom is 0.331 e. The van der Waals surface area contributed by atoms with Gasteiger partial charge in [-0.3, -0.25) is 0 Å². The van der Waals surface area contributed by atoms with E-state index < -0.39 is 111 Å². The van der Waals surface area contributed by atoms with Crippen molar-refractivity contribution < 1.29 is 94.1 Å². The van der Waals surface area contributed by atoms with Gasteiger partial charge in [-0.25, -0.2) is 4.79 Å². The highest BCUT2D eigenvalue weighted by atomic mass is 16.8. The van der Waals surface area contributed by atoms with Crippen molar-refractivity contribution >= 4 is 12.0 Å². The number of aromatic hydroxyl groups is 3. The van der Waals surface area contributed by atoms with Gasteiger partial charge in [-0.1, -0.05) is 18.2 Å². The molecule has 2 aromatic rings. The van der Waals surface area contributed by atoms with Crippen LogP contribution in [0.15, 0.2) is 48.5 Å². The van der Waals surface area contributed by atoms with E-state index in [1.807, 2.05) is 0 Å². The predicted octanol–water partition coefficient (Wildman–Crippen LogP) is -2.90. The maximum atomic E-state index is 13.3. The number of carbonyl (C=O) groups is 1. The SMILES string of the molecule is C[C@@H]1O[C@@H](O[C@@H]2[C@@H](O)[C@H](OCCc3ccc(O)c(O)c3)O[C@H](COC3O[C@H](CO)[C@@H](O)[C@H](O)[C@H]3O)[C@H]2OC(=O)/C=C/c2ccc(O)cc2)[C@H](O)[C@H](O)[C@H]1O. The van der Waals surface area contributed by atoms with Crippen LogP contribution in [0.1, 0.15) is 18.1 Å². The first-order valence-corrected chi connectivity index (χ1v) is 17.1. The molecule has 15 atom stereocenters. The lowest BCUT2D eigenvalue weighted by atomic mass is 9.96. The Morgan fingerprint density at radius 2 is 1.35 bits per heavy atom. The van der Waals surface area contributed by atoms with E-state index in [-0.39, 0.29) is 30.3 Å². The Hall–Kier alpha value is -3.51. The topological polar surface area (TPSA) is 304 Å². The van der Waals surface area contributed by atoms with Crippen LogP contribution in [0, 0.1) is 0 Å². The maximum absolute atomic E-state index is 13.3. The number of rotatable bonds is 13. The third-order valence-corrected chi connectivity index (χ3v) is 9.26. The second-order valence-corrected chi connectivity index (χ2v) is 13.1. The van der Waals surface area contributed by atoms with Crippen molar-refractivity contribution in [2.24, 2.45) is 0 Å². The number of phenols is 3. The Bertz CT molecular complexity index is 1540.